The summed E-state index contributed by atoms with van der Waals surface area (Å²) in [5, 5.41) is 1.16. The highest BCUT2D eigenvalue weighted by Crippen LogP contribution is 2.35. The Balaban J connectivity index is 2.16. The summed E-state index contributed by atoms with van der Waals surface area (Å²) >= 11 is 12.4. The molecule has 1 aliphatic heterocycles. The molecule has 0 N–H and O–H groups in total. The molecular formula is C13H14Cl2N2O. The van der Waals surface area contributed by atoms with E-state index in [4.69, 9.17) is 27.9 Å². The lowest BCUT2D eigenvalue weighted by molar-refractivity contribution is 0.0299. The van der Waals surface area contributed by atoms with Crippen molar-refractivity contribution in [2.45, 2.75) is 19.4 Å². The summed E-state index contributed by atoms with van der Waals surface area (Å²) in [4.78, 5) is 4.38. The number of aromatic nitrogens is 2. The van der Waals surface area contributed by atoms with Gasteiger partial charge in [-0.1, -0.05) is 24.6 Å². The van der Waals surface area contributed by atoms with E-state index in [1.54, 1.807) is 0 Å². The number of imidazole rings is 1. The second-order valence-corrected chi connectivity index (χ2v) is 5.51. The van der Waals surface area contributed by atoms with Gasteiger partial charge in [0.25, 0.3) is 0 Å². The van der Waals surface area contributed by atoms with Crippen molar-refractivity contribution in [3.63, 3.8) is 0 Å². The molecule has 0 bridgehead atoms. The average molecular weight is 285 g/mol. The molecular weight excluding hydrogens is 271 g/mol. The predicted octanol–water partition coefficient (Wildman–Crippen LogP) is 3.94. The van der Waals surface area contributed by atoms with Crippen molar-refractivity contribution >= 4 is 34.2 Å². The van der Waals surface area contributed by atoms with Gasteiger partial charge in [0.1, 0.15) is 5.52 Å². The number of benzene rings is 1. The number of hydrogen-bond donors (Lipinski definition) is 0. The lowest BCUT2D eigenvalue weighted by atomic mass is 9.97. The molecule has 0 aliphatic carbocycles. The minimum atomic E-state index is 0.328. The Kier molecular flexibility index (Phi) is 3.22. The minimum Gasteiger partial charge on any atom is -0.381 e. The number of rotatable bonds is 1. The van der Waals surface area contributed by atoms with Crippen molar-refractivity contribution < 1.29 is 4.74 Å². The molecule has 0 radical (unpaired) electrons. The van der Waals surface area contributed by atoms with Gasteiger partial charge in [0.2, 0.25) is 5.28 Å². The summed E-state index contributed by atoms with van der Waals surface area (Å²) in [5.74, 6) is 0.424. The molecule has 2 atom stereocenters. The van der Waals surface area contributed by atoms with Crippen molar-refractivity contribution in [3.05, 3.63) is 28.5 Å². The molecule has 3 nitrogen and oxygen atoms in total. The van der Waals surface area contributed by atoms with Crippen LogP contribution in [0, 0.1) is 5.92 Å². The van der Waals surface area contributed by atoms with Crippen molar-refractivity contribution in [2.24, 2.45) is 5.92 Å². The van der Waals surface area contributed by atoms with E-state index in [1.807, 2.05) is 18.2 Å². The van der Waals surface area contributed by atoms with Gasteiger partial charge in [0.05, 0.1) is 17.1 Å². The number of fused-ring (bicyclic) bond motifs is 1. The average Bonchev–Trinajstić information content (AvgIpc) is 2.68. The van der Waals surface area contributed by atoms with Crippen molar-refractivity contribution in [2.75, 3.05) is 13.2 Å². The lowest BCUT2D eigenvalue weighted by Gasteiger charge is -2.30. The number of ether oxygens (including phenoxy) is 1. The van der Waals surface area contributed by atoms with Crippen molar-refractivity contribution in [1.29, 1.82) is 0 Å². The molecule has 3 rings (SSSR count). The standard InChI is InChI=1S/C13H14Cl2N2O/c1-8-7-18-6-5-10(8)17-11-4-2-3-9(14)12(11)16-13(17)15/h2-4,8,10H,5-7H2,1H3/t8-,10-/m1/s1. The van der Waals surface area contributed by atoms with E-state index >= 15 is 0 Å². The van der Waals surface area contributed by atoms with Crippen LogP contribution in [0.5, 0.6) is 0 Å². The van der Waals surface area contributed by atoms with Crippen molar-refractivity contribution in [1.82, 2.24) is 9.55 Å². The molecule has 2 aromatic rings. The number of para-hydroxylation sites is 1. The van der Waals surface area contributed by atoms with Crippen molar-refractivity contribution in [3.8, 4) is 0 Å². The third-order valence-electron chi connectivity index (χ3n) is 3.56. The normalized spacial score (nSPS) is 24.6. The number of hydrogen-bond acceptors (Lipinski definition) is 2. The predicted molar refractivity (Wildman–Crippen MR) is 73.4 cm³/mol. The molecule has 18 heavy (non-hydrogen) atoms. The molecule has 0 spiro atoms. The van der Waals surface area contributed by atoms with E-state index in [1.165, 1.54) is 0 Å². The maximum Gasteiger partial charge on any atom is 0.204 e. The Morgan fingerprint density at radius 3 is 3.00 bits per heavy atom. The van der Waals surface area contributed by atoms with E-state index in [2.05, 4.69) is 16.5 Å². The van der Waals surface area contributed by atoms with Crippen LogP contribution in [0.3, 0.4) is 0 Å². The largest absolute Gasteiger partial charge is 0.381 e. The van der Waals surface area contributed by atoms with Crippen LogP contribution >= 0.6 is 23.2 Å². The molecule has 2 heterocycles. The zero-order valence-corrected chi connectivity index (χ0v) is 11.6. The van der Waals surface area contributed by atoms with Gasteiger partial charge in [0, 0.05) is 18.6 Å². The fourth-order valence-electron chi connectivity index (χ4n) is 2.62. The Bertz CT molecular complexity index is 582. The zero-order chi connectivity index (χ0) is 12.7. The molecule has 96 valence electrons. The zero-order valence-electron chi connectivity index (χ0n) is 10.1. The number of nitrogens with zero attached hydrogens (tertiary/aromatic N) is 2. The maximum absolute atomic E-state index is 6.29. The third-order valence-corrected chi connectivity index (χ3v) is 4.13. The Labute approximate surface area is 116 Å². The first-order chi connectivity index (χ1) is 8.68. The first-order valence-electron chi connectivity index (χ1n) is 6.08. The summed E-state index contributed by atoms with van der Waals surface area (Å²) < 4.78 is 7.58. The van der Waals surface area contributed by atoms with Gasteiger partial charge in [-0.25, -0.2) is 4.98 Å². The second-order valence-electron chi connectivity index (χ2n) is 4.77. The Morgan fingerprint density at radius 2 is 2.22 bits per heavy atom. The van der Waals surface area contributed by atoms with E-state index < -0.39 is 0 Å². The first-order valence-corrected chi connectivity index (χ1v) is 6.84. The topological polar surface area (TPSA) is 27.1 Å². The van der Waals surface area contributed by atoms with Gasteiger partial charge in [-0.05, 0) is 30.2 Å². The van der Waals surface area contributed by atoms with Gasteiger partial charge in [-0.3, -0.25) is 0 Å². The molecule has 0 saturated carbocycles. The molecule has 5 heteroatoms. The highest BCUT2D eigenvalue weighted by Gasteiger charge is 2.27. The molecule has 1 fully saturated rings. The van der Waals surface area contributed by atoms with Crippen LogP contribution in [0.1, 0.15) is 19.4 Å². The van der Waals surface area contributed by atoms with Crippen LogP contribution < -0.4 is 0 Å². The smallest absolute Gasteiger partial charge is 0.204 e. The van der Waals surface area contributed by atoms with E-state index in [0.29, 0.717) is 22.3 Å². The quantitative estimate of drug-likeness (QED) is 0.793. The molecule has 0 unspecified atom stereocenters. The fourth-order valence-corrected chi connectivity index (χ4v) is 3.14. The minimum absolute atomic E-state index is 0.328. The molecule has 1 aliphatic rings. The first kappa shape index (κ1) is 12.3. The monoisotopic (exact) mass is 284 g/mol. The van der Waals surface area contributed by atoms with E-state index in [9.17, 15) is 0 Å². The Morgan fingerprint density at radius 1 is 1.39 bits per heavy atom. The Hall–Kier alpha value is -0.770. The number of halogens is 2. The highest BCUT2D eigenvalue weighted by molar-refractivity contribution is 6.35. The summed E-state index contributed by atoms with van der Waals surface area (Å²) in [6, 6.07) is 6.12. The maximum atomic E-state index is 6.29. The van der Waals surface area contributed by atoms with E-state index in [-0.39, 0.29) is 0 Å². The molecule has 1 saturated heterocycles. The summed E-state index contributed by atoms with van der Waals surface area (Å²) in [6.45, 7) is 3.71. The summed E-state index contributed by atoms with van der Waals surface area (Å²) in [6.07, 6.45) is 0.957. The van der Waals surface area contributed by atoms with Gasteiger partial charge in [-0.15, -0.1) is 0 Å². The van der Waals surface area contributed by atoms with Crippen LogP contribution in [-0.4, -0.2) is 22.8 Å². The SMILES string of the molecule is C[C@@H]1COCC[C@H]1n1c(Cl)nc2c(Cl)cccc21. The molecule has 0 amide bonds. The van der Waals surface area contributed by atoms with Gasteiger partial charge < -0.3 is 9.30 Å². The lowest BCUT2D eigenvalue weighted by Crippen LogP contribution is -2.28. The third kappa shape index (κ3) is 1.91. The van der Waals surface area contributed by atoms with Crippen LogP contribution in [-0.2, 0) is 4.74 Å². The van der Waals surface area contributed by atoms with Gasteiger partial charge in [0.15, 0.2) is 0 Å². The van der Waals surface area contributed by atoms with Crippen LogP contribution in [0.25, 0.3) is 11.0 Å². The van der Waals surface area contributed by atoms with Gasteiger partial charge >= 0.3 is 0 Å². The summed E-state index contributed by atoms with van der Waals surface area (Å²) in [5.41, 5.74) is 1.79. The van der Waals surface area contributed by atoms with Crippen LogP contribution in [0.2, 0.25) is 10.3 Å². The fraction of sp³-hybridized carbons (Fsp3) is 0.462. The second kappa shape index (κ2) is 4.72. The molecule has 1 aromatic heterocycles. The summed E-state index contributed by atoms with van der Waals surface area (Å²) in [7, 11) is 0. The molecule has 1 aromatic carbocycles. The highest BCUT2D eigenvalue weighted by atomic mass is 35.5. The van der Waals surface area contributed by atoms with Crippen LogP contribution in [0.4, 0.5) is 0 Å². The van der Waals surface area contributed by atoms with Gasteiger partial charge in [-0.2, -0.15) is 0 Å². The van der Waals surface area contributed by atoms with E-state index in [0.717, 1.165) is 30.7 Å². The van der Waals surface area contributed by atoms with Crippen LogP contribution in [0.15, 0.2) is 18.2 Å².